The summed E-state index contributed by atoms with van der Waals surface area (Å²) in [5.41, 5.74) is 1.06. The van der Waals surface area contributed by atoms with Gasteiger partial charge >= 0.3 is 6.03 Å². The monoisotopic (exact) mass is 355 g/mol. The molecule has 0 aliphatic carbocycles. The van der Waals surface area contributed by atoms with Gasteiger partial charge in [0.05, 0.1) is 12.8 Å². The van der Waals surface area contributed by atoms with Gasteiger partial charge in [-0.05, 0) is 44.0 Å². The Balaban J connectivity index is 1.61. The third-order valence-corrected chi connectivity index (χ3v) is 4.35. The first-order valence-electron chi connectivity index (χ1n) is 8.53. The highest BCUT2D eigenvalue weighted by atomic mass is 16.3. The minimum Gasteiger partial charge on any atom is -0.467 e. The van der Waals surface area contributed by atoms with Crippen LogP contribution in [0.5, 0.6) is 0 Å². The SMILES string of the molecule is CC(=O)c1cccc(NC(=O)N2CCCC2C(=O)NCc2ccco2)c1. The lowest BCUT2D eigenvalue weighted by atomic mass is 10.1. The number of hydrogen-bond acceptors (Lipinski definition) is 4. The number of urea groups is 1. The highest BCUT2D eigenvalue weighted by molar-refractivity contribution is 5.97. The molecule has 1 atom stereocenters. The van der Waals surface area contributed by atoms with Gasteiger partial charge in [-0.25, -0.2) is 4.79 Å². The van der Waals surface area contributed by atoms with Crippen LogP contribution in [-0.4, -0.2) is 35.2 Å². The Labute approximate surface area is 151 Å². The van der Waals surface area contributed by atoms with Crippen molar-refractivity contribution >= 4 is 23.4 Å². The smallest absolute Gasteiger partial charge is 0.322 e. The van der Waals surface area contributed by atoms with Crippen molar-refractivity contribution in [3.05, 3.63) is 54.0 Å². The van der Waals surface area contributed by atoms with E-state index in [0.717, 1.165) is 6.42 Å². The molecular formula is C19H21N3O4. The molecular weight excluding hydrogens is 334 g/mol. The molecule has 3 amide bonds. The molecule has 1 aliphatic rings. The average Bonchev–Trinajstić information content (AvgIpc) is 3.31. The number of rotatable bonds is 5. The van der Waals surface area contributed by atoms with Gasteiger partial charge in [0.25, 0.3) is 0 Å². The molecule has 1 unspecified atom stereocenters. The van der Waals surface area contributed by atoms with Crippen molar-refractivity contribution in [2.45, 2.75) is 32.4 Å². The number of carbonyl (C=O) groups excluding carboxylic acids is 3. The Morgan fingerprint density at radius 1 is 1.23 bits per heavy atom. The van der Waals surface area contributed by atoms with Crippen molar-refractivity contribution in [3.63, 3.8) is 0 Å². The molecule has 1 aliphatic heterocycles. The van der Waals surface area contributed by atoms with Crippen molar-refractivity contribution in [1.29, 1.82) is 0 Å². The summed E-state index contributed by atoms with van der Waals surface area (Å²) in [7, 11) is 0. The Hall–Kier alpha value is -3.09. The zero-order chi connectivity index (χ0) is 18.5. The third kappa shape index (κ3) is 4.11. The molecule has 0 saturated carbocycles. The predicted molar refractivity (Wildman–Crippen MR) is 95.7 cm³/mol. The van der Waals surface area contributed by atoms with Crippen LogP contribution in [0.1, 0.15) is 35.9 Å². The van der Waals surface area contributed by atoms with Crippen LogP contribution in [0.2, 0.25) is 0 Å². The van der Waals surface area contributed by atoms with Crippen molar-refractivity contribution in [1.82, 2.24) is 10.2 Å². The van der Waals surface area contributed by atoms with Gasteiger partial charge < -0.3 is 20.0 Å². The van der Waals surface area contributed by atoms with Crippen LogP contribution in [0.25, 0.3) is 0 Å². The number of furan rings is 1. The topological polar surface area (TPSA) is 91.7 Å². The van der Waals surface area contributed by atoms with E-state index in [-0.39, 0.29) is 17.7 Å². The van der Waals surface area contributed by atoms with Crippen LogP contribution >= 0.6 is 0 Å². The zero-order valence-corrected chi connectivity index (χ0v) is 14.5. The number of nitrogens with one attached hydrogen (secondary N) is 2. The maximum Gasteiger partial charge on any atom is 0.322 e. The summed E-state index contributed by atoms with van der Waals surface area (Å²) in [5.74, 6) is 0.386. The Morgan fingerprint density at radius 2 is 2.08 bits per heavy atom. The van der Waals surface area contributed by atoms with Crippen LogP contribution in [0.4, 0.5) is 10.5 Å². The summed E-state index contributed by atoms with van der Waals surface area (Å²) in [5, 5.41) is 5.57. The minimum absolute atomic E-state index is 0.0718. The molecule has 1 aromatic heterocycles. The van der Waals surface area contributed by atoms with E-state index in [9.17, 15) is 14.4 Å². The lowest BCUT2D eigenvalue weighted by Crippen LogP contribution is -2.47. The maximum absolute atomic E-state index is 12.6. The van der Waals surface area contributed by atoms with Crippen LogP contribution in [0.15, 0.2) is 47.1 Å². The van der Waals surface area contributed by atoms with Crippen LogP contribution in [0.3, 0.4) is 0 Å². The number of nitrogens with zero attached hydrogens (tertiary/aromatic N) is 1. The maximum atomic E-state index is 12.6. The van der Waals surface area contributed by atoms with Crippen molar-refractivity contribution in [2.75, 3.05) is 11.9 Å². The summed E-state index contributed by atoms with van der Waals surface area (Å²) in [6.45, 7) is 2.27. The lowest BCUT2D eigenvalue weighted by molar-refractivity contribution is -0.124. The number of ketones is 1. The number of hydrogen-bond donors (Lipinski definition) is 2. The summed E-state index contributed by atoms with van der Waals surface area (Å²) in [6.07, 6.45) is 2.93. The minimum atomic E-state index is -0.513. The molecule has 2 heterocycles. The van der Waals surface area contributed by atoms with Gasteiger partial charge in [0.1, 0.15) is 11.8 Å². The molecule has 0 spiro atoms. The molecule has 7 nitrogen and oxygen atoms in total. The number of benzene rings is 1. The molecule has 0 radical (unpaired) electrons. The highest BCUT2D eigenvalue weighted by Crippen LogP contribution is 2.20. The van der Waals surface area contributed by atoms with E-state index in [1.807, 2.05) is 0 Å². The highest BCUT2D eigenvalue weighted by Gasteiger charge is 2.34. The fraction of sp³-hybridized carbons (Fsp3) is 0.316. The average molecular weight is 355 g/mol. The quantitative estimate of drug-likeness (QED) is 0.807. The second-order valence-corrected chi connectivity index (χ2v) is 6.22. The van der Waals surface area contributed by atoms with E-state index >= 15 is 0 Å². The van der Waals surface area contributed by atoms with E-state index in [4.69, 9.17) is 4.42 Å². The van der Waals surface area contributed by atoms with Crippen molar-refractivity contribution in [3.8, 4) is 0 Å². The first-order chi connectivity index (χ1) is 12.5. The number of carbonyl (C=O) groups is 3. The number of anilines is 1. The summed E-state index contributed by atoms with van der Waals surface area (Å²) in [4.78, 5) is 38.0. The van der Waals surface area contributed by atoms with E-state index in [1.165, 1.54) is 11.8 Å². The summed E-state index contributed by atoms with van der Waals surface area (Å²) < 4.78 is 5.20. The molecule has 26 heavy (non-hydrogen) atoms. The van der Waals surface area contributed by atoms with Crippen LogP contribution in [0, 0.1) is 0 Å². The number of likely N-dealkylation sites (tertiary alicyclic amines) is 1. The van der Waals surface area contributed by atoms with Gasteiger partial charge in [-0.3, -0.25) is 9.59 Å². The molecule has 1 saturated heterocycles. The van der Waals surface area contributed by atoms with Gasteiger partial charge in [0.2, 0.25) is 5.91 Å². The van der Waals surface area contributed by atoms with Gasteiger partial charge in [-0.15, -0.1) is 0 Å². The first kappa shape index (κ1) is 17.7. The summed E-state index contributed by atoms with van der Waals surface area (Å²) in [6, 6.07) is 9.42. The first-order valence-corrected chi connectivity index (χ1v) is 8.53. The van der Waals surface area contributed by atoms with Crippen molar-refractivity contribution < 1.29 is 18.8 Å². The van der Waals surface area contributed by atoms with E-state index in [2.05, 4.69) is 10.6 Å². The fourth-order valence-corrected chi connectivity index (χ4v) is 3.00. The summed E-state index contributed by atoms with van der Waals surface area (Å²) >= 11 is 0. The molecule has 1 aromatic carbocycles. The third-order valence-electron chi connectivity index (χ3n) is 4.35. The molecule has 1 fully saturated rings. The van der Waals surface area contributed by atoms with Crippen LogP contribution in [-0.2, 0) is 11.3 Å². The molecule has 2 aromatic rings. The normalized spacial score (nSPS) is 16.3. The predicted octanol–water partition coefficient (Wildman–Crippen LogP) is 2.79. The largest absolute Gasteiger partial charge is 0.467 e. The molecule has 7 heteroatoms. The van der Waals surface area contributed by atoms with Gasteiger partial charge in [0.15, 0.2) is 5.78 Å². The van der Waals surface area contributed by atoms with Gasteiger partial charge in [-0.2, -0.15) is 0 Å². The van der Waals surface area contributed by atoms with E-state index in [0.29, 0.717) is 36.5 Å². The number of Topliss-reactive ketones (excluding diaryl/α,β-unsaturated/α-hetero) is 1. The Morgan fingerprint density at radius 3 is 2.81 bits per heavy atom. The van der Waals surface area contributed by atoms with Gasteiger partial charge in [0, 0.05) is 17.8 Å². The Kier molecular flexibility index (Phi) is 5.36. The van der Waals surface area contributed by atoms with E-state index in [1.54, 1.807) is 42.7 Å². The molecule has 2 N–H and O–H groups in total. The zero-order valence-electron chi connectivity index (χ0n) is 14.5. The van der Waals surface area contributed by atoms with Crippen LogP contribution < -0.4 is 10.6 Å². The van der Waals surface area contributed by atoms with E-state index < -0.39 is 6.04 Å². The lowest BCUT2D eigenvalue weighted by Gasteiger charge is -2.24. The molecule has 0 bridgehead atoms. The second kappa shape index (κ2) is 7.86. The molecule has 3 rings (SSSR count). The fourth-order valence-electron chi connectivity index (χ4n) is 3.00. The second-order valence-electron chi connectivity index (χ2n) is 6.22. The number of amides is 3. The standard InChI is InChI=1S/C19H21N3O4/c1-13(23)14-5-2-6-15(11-14)21-19(25)22-9-3-8-17(22)18(24)20-12-16-7-4-10-26-16/h2,4-7,10-11,17H,3,8-9,12H2,1H3,(H,20,24)(H,21,25). The van der Waals surface area contributed by atoms with Crippen molar-refractivity contribution in [2.24, 2.45) is 0 Å². The Bertz CT molecular complexity index is 801. The van der Waals surface area contributed by atoms with Gasteiger partial charge in [-0.1, -0.05) is 12.1 Å². The molecule has 136 valence electrons.